The van der Waals surface area contributed by atoms with Crippen LogP contribution in [0.25, 0.3) is 0 Å². The lowest BCUT2D eigenvalue weighted by Crippen LogP contribution is -2.47. The van der Waals surface area contributed by atoms with Crippen LogP contribution in [0.3, 0.4) is 0 Å². The molecule has 6 nitrogen and oxygen atoms in total. The van der Waals surface area contributed by atoms with Crippen LogP contribution >= 0.6 is 0 Å². The van der Waals surface area contributed by atoms with E-state index < -0.39 is 27.5 Å². The van der Waals surface area contributed by atoms with Crippen LogP contribution in [-0.2, 0) is 10.1 Å². The van der Waals surface area contributed by atoms with E-state index in [4.69, 9.17) is 0 Å². The van der Waals surface area contributed by atoms with Gasteiger partial charge in [-0.2, -0.15) is 8.42 Å². The molecule has 1 saturated heterocycles. The second-order valence-corrected chi connectivity index (χ2v) is 6.26. The van der Waals surface area contributed by atoms with Crippen LogP contribution < -0.4 is 10.1 Å². The number of hydrogen-bond donors (Lipinski definition) is 2. The fraction of sp³-hybridized carbons (Fsp3) is 0.545. The third kappa shape index (κ3) is 3.83. The lowest BCUT2D eigenvalue weighted by Gasteiger charge is -2.32. The molecule has 118 valence electrons. The van der Waals surface area contributed by atoms with Crippen LogP contribution in [0.4, 0.5) is 13.2 Å². The standard InChI is InChI=1S/C11H13F3N2O4S/c1-6-9(20-11(12,13)14)3-2-8(16-6)10(21(17,18)19)7-4-15-5-7/h2-3,7,10,15H,4-5H2,1H3,(H,17,18,19). The van der Waals surface area contributed by atoms with E-state index in [-0.39, 0.29) is 17.3 Å². The first-order valence-corrected chi connectivity index (χ1v) is 7.48. The van der Waals surface area contributed by atoms with Crippen LogP contribution in [0.5, 0.6) is 5.75 Å². The molecule has 0 spiro atoms. The number of aryl methyl sites for hydroxylation is 1. The number of nitrogens with zero attached hydrogens (tertiary/aromatic N) is 1. The molecule has 0 radical (unpaired) electrons. The Balaban J connectivity index is 2.33. The number of aromatic nitrogens is 1. The highest BCUT2D eigenvalue weighted by atomic mass is 32.2. The molecule has 0 bridgehead atoms. The Bertz CT molecular complexity index is 629. The van der Waals surface area contributed by atoms with E-state index in [1.165, 1.54) is 6.92 Å². The normalized spacial score (nSPS) is 18.1. The smallest absolute Gasteiger partial charge is 0.404 e. The molecule has 10 heteroatoms. The average molecular weight is 326 g/mol. The molecular formula is C11H13F3N2O4S. The first kappa shape index (κ1) is 16.0. The zero-order valence-corrected chi connectivity index (χ0v) is 11.7. The van der Waals surface area contributed by atoms with Crippen molar-refractivity contribution >= 4 is 10.1 Å². The van der Waals surface area contributed by atoms with Gasteiger partial charge in [-0.05, 0) is 19.1 Å². The van der Waals surface area contributed by atoms with Crippen LogP contribution in [0, 0.1) is 12.8 Å². The summed E-state index contributed by atoms with van der Waals surface area (Å²) in [6.07, 6.45) is -4.85. The fourth-order valence-corrected chi connectivity index (χ4v) is 3.24. The molecule has 0 aromatic carbocycles. The third-order valence-corrected chi connectivity index (χ3v) is 4.41. The summed E-state index contributed by atoms with van der Waals surface area (Å²) in [4.78, 5) is 3.84. The van der Waals surface area contributed by atoms with Gasteiger partial charge in [-0.25, -0.2) is 0 Å². The Morgan fingerprint density at radius 2 is 2.05 bits per heavy atom. The molecule has 2 N–H and O–H groups in total. The van der Waals surface area contributed by atoms with Crippen LogP contribution in [0.2, 0.25) is 0 Å². The van der Waals surface area contributed by atoms with Gasteiger partial charge in [0.2, 0.25) is 0 Å². The van der Waals surface area contributed by atoms with E-state index in [2.05, 4.69) is 15.0 Å². The zero-order chi connectivity index (χ0) is 15.8. The van der Waals surface area contributed by atoms with E-state index in [1.807, 2.05) is 0 Å². The van der Waals surface area contributed by atoms with Crippen molar-refractivity contribution in [3.8, 4) is 5.75 Å². The Hall–Kier alpha value is -1.39. The Kier molecular flexibility index (Phi) is 4.13. The summed E-state index contributed by atoms with van der Waals surface area (Å²) < 4.78 is 72.5. The molecule has 1 atom stereocenters. The van der Waals surface area contributed by atoms with Crippen molar-refractivity contribution in [2.45, 2.75) is 18.5 Å². The molecule has 0 amide bonds. The highest BCUT2D eigenvalue weighted by Crippen LogP contribution is 2.33. The maximum Gasteiger partial charge on any atom is 0.573 e. The molecule has 2 rings (SSSR count). The molecule has 1 unspecified atom stereocenters. The molecule has 1 aliphatic rings. The number of halogens is 3. The van der Waals surface area contributed by atoms with Gasteiger partial charge in [-0.3, -0.25) is 9.54 Å². The van der Waals surface area contributed by atoms with Crippen molar-refractivity contribution in [3.05, 3.63) is 23.5 Å². The van der Waals surface area contributed by atoms with Crippen molar-refractivity contribution in [3.63, 3.8) is 0 Å². The fourth-order valence-electron chi connectivity index (χ4n) is 2.12. The van der Waals surface area contributed by atoms with Crippen molar-refractivity contribution in [1.82, 2.24) is 10.3 Å². The van der Waals surface area contributed by atoms with E-state index in [9.17, 15) is 26.1 Å². The minimum absolute atomic E-state index is 0.00368. The predicted octanol–water partition coefficient (Wildman–Crippen LogP) is 1.44. The highest BCUT2D eigenvalue weighted by molar-refractivity contribution is 7.86. The first-order chi connectivity index (χ1) is 9.58. The van der Waals surface area contributed by atoms with Crippen LogP contribution in [0.15, 0.2) is 12.1 Å². The van der Waals surface area contributed by atoms with Gasteiger partial charge >= 0.3 is 6.36 Å². The van der Waals surface area contributed by atoms with Crippen molar-refractivity contribution in [1.29, 1.82) is 0 Å². The minimum Gasteiger partial charge on any atom is -0.404 e. The van der Waals surface area contributed by atoms with E-state index in [0.717, 1.165) is 12.1 Å². The molecule has 1 aromatic heterocycles. The monoisotopic (exact) mass is 326 g/mol. The largest absolute Gasteiger partial charge is 0.573 e. The summed E-state index contributed by atoms with van der Waals surface area (Å²) in [5.74, 6) is -0.881. The van der Waals surface area contributed by atoms with Gasteiger partial charge < -0.3 is 10.1 Å². The van der Waals surface area contributed by atoms with E-state index >= 15 is 0 Å². The maximum atomic E-state index is 12.2. The predicted molar refractivity (Wildman–Crippen MR) is 66.3 cm³/mol. The lowest BCUT2D eigenvalue weighted by atomic mass is 9.96. The summed E-state index contributed by atoms with van der Waals surface area (Å²) in [7, 11) is -4.41. The molecule has 1 aromatic rings. The second-order valence-electron chi connectivity index (χ2n) is 4.72. The number of pyridine rings is 1. The Morgan fingerprint density at radius 1 is 1.43 bits per heavy atom. The quantitative estimate of drug-likeness (QED) is 0.814. The summed E-state index contributed by atoms with van der Waals surface area (Å²) in [5, 5.41) is 1.60. The van der Waals surface area contributed by atoms with Crippen molar-refractivity contribution in [2.75, 3.05) is 13.1 Å². The molecule has 0 saturated carbocycles. The molecular weight excluding hydrogens is 313 g/mol. The number of hydrogen-bond acceptors (Lipinski definition) is 5. The SMILES string of the molecule is Cc1nc(C(C2CNC2)S(=O)(=O)O)ccc1OC(F)(F)F. The highest BCUT2D eigenvalue weighted by Gasteiger charge is 2.39. The molecule has 1 aliphatic heterocycles. The Labute approximate surface area is 119 Å². The number of alkyl halides is 3. The molecule has 0 aliphatic carbocycles. The number of ether oxygens (including phenoxy) is 1. The van der Waals surface area contributed by atoms with E-state index in [1.54, 1.807) is 0 Å². The number of rotatable bonds is 4. The minimum atomic E-state index is -4.85. The van der Waals surface area contributed by atoms with Gasteiger partial charge in [0.1, 0.15) is 5.25 Å². The van der Waals surface area contributed by atoms with Crippen molar-refractivity contribution < 1.29 is 30.9 Å². The maximum absolute atomic E-state index is 12.2. The average Bonchev–Trinajstić information content (AvgIpc) is 2.23. The van der Waals surface area contributed by atoms with Gasteiger partial charge in [0.15, 0.2) is 5.75 Å². The summed E-state index contributed by atoms with van der Waals surface area (Å²) in [6.45, 7) is 2.03. The van der Waals surface area contributed by atoms with Gasteiger partial charge in [0.05, 0.1) is 11.4 Å². The third-order valence-electron chi connectivity index (χ3n) is 3.14. The van der Waals surface area contributed by atoms with Gasteiger partial charge in [0.25, 0.3) is 10.1 Å². The summed E-state index contributed by atoms with van der Waals surface area (Å²) in [5.41, 5.74) is -0.109. The number of nitrogens with one attached hydrogen (secondary N) is 1. The topological polar surface area (TPSA) is 88.5 Å². The first-order valence-electron chi connectivity index (χ1n) is 5.98. The van der Waals surface area contributed by atoms with E-state index in [0.29, 0.717) is 13.1 Å². The second kappa shape index (κ2) is 5.43. The Morgan fingerprint density at radius 3 is 2.43 bits per heavy atom. The zero-order valence-electron chi connectivity index (χ0n) is 10.9. The summed E-state index contributed by atoms with van der Waals surface area (Å²) >= 11 is 0. The summed E-state index contributed by atoms with van der Waals surface area (Å²) in [6, 6.07) is 2.11. The van der Waals surface area contributed by atoms with Crippen molar-refractivity contribution in [2.24, 2.45) is 5.92 Å². The van der Waals surface area contributed by atoms with Gasteiger partial charge in [-0.15, -0.1) is 13.2 Å². The van der Waals surface area contributed by atoms with Gasteiger partial charge in [0, 0.05) is 19.0 Å². The molecule has 2 heterocycles. The lowest BCUT2D eigenvalue weighted by molar-refractivity contribution is -0.275. The molecule has 21 heavy (non-hydrogen) atoms. The molecule has 1 fully saturated rings. The van der Waals surface area contributed by atoms with Crippen LogP contribution in [-0.4, -0.2) is 37.4 Å². The van der Waals surface area contributed by atoms with Crippen LogP contribution in [0.1, 0.15) is 16.6 Å². The van der Waals surface area contributed by atoms with Gasteiger partial charge in [-0.1, -0.05) is 0 Å².